The standard InChI is InChI=1S/C18H20N2O5S/c1-18(2)12-15(20-9-4-3-5-17(20)22)14-11-13(6-7-16(14)25-18)26(23,24)19-8-10-21/h3-7,9,11-12,19,21H,8,10H2,1-2H3. The van der Waals surface area contributed by atoms with E-state index in [2.05, 4.69) is 4.72 Å². The molecule has 0 spiro atoms. The van der Waals surface area contributed by atoms with Crippen LogP contribution in [-0.2, 0) is 10.0 Å². The summed E-state index contributed by atoms with van der Waals surface area (Å²) in [5.74, 6) is 0.490. The Hall–Kier alpha value is -2.42. The Morgan fingerprint density at radius 1 is 1.23 bits per heavy atom. The van der Waals surface area contributed by atoms with Crippen LogP contribution in [0.25, 0.3) is 5.70 Å². The number of benzene rings is 1. The molecule has 1 aliphatic rings. The number of pyridine rings is 1. The van der Waals surface area contributed by atoms with Gasteiger partial charge in [-0.25, -0.2) is 13.1 Å². The summed E-state index contributed by atoms with van der Waals surface area (Å²) in [7, 11) is -3.78. The van der Waals surface area contributed by atoms with Gasteiger partial charge in [-0.15, -0.1) is 0 Å². The summed E-state index contributed by atoms with van der Waals surface area (Å²) >= 11 is 0. The zero-order valence-electron chi connectivity index (χ0n) is 14.5. The molecule has 2 aromatic rings. The van der Waals surface area contributed by atoms with Gasteiger partial charge in [0.05, 0.1) is 17.2 Å². The molecule has 0 unspecified atom stereocenters. The van der Waals surface area contributed by atoms with Gasteiger partial charge in [-0.2, -0.15) is 0 Å². The van der Waals surface area contributed by atoms with E-state index in [1.807, 2.05) is 13.8 Å². The first-order chi connectivity index (χ1) is 12.2. The van der Waals surface area contributed by atoms with Crippen LogP contribution in [0.15, 0.2) is 58.4 Å². The normalized spacial score (nSPS) is 15.7. The van der Waals surface area contributed by atoms with Crippen molar-refractivity contribution >= 4 is 15.7 Å². The molecule has 0 saturated carbocycles. The molecule has 0 bridgehead atoms. The zero-order valence-corrected chi connectivity index (χ0v) is 15.3. The molecular weight excluding hydrogens is 356 g/mol. The van der Waals surface area contributed by atoms with Gasteiger partial charge in [0.2, 0.25) is 10.0 Å². The van der Waals surface area contributed by atoms with E-state index < -0.39 is 15.6 Å². The van der Waals surface area contributed by atoms with Gasteiger partial charge >= 0.3 is 0 Å². The van der Waals surface area contributed by atoms with Crippen LogP contribution in [0, 0.1) is 0 Å². The Morgan fingerprint density at radius 2 is 2.00 bits per heavy atom. The van der Waals surface area contributed by atoms with Crippen molar-refractivity contribution in [2.75, 3.05) is 13.2 Å². The third kappa shape index (κ3) is 3.57. The van der Waals surface area contributed by atoms with E-state index in [1.165, 1.54) is 22.8 Å². The minimum Gasteiger partial charge on any atom is -0.483 e. The Kier molecular flexibility index (Phi) is 4.74. The number of aliphatic hydroxyl groups is 1. The van der Waals surface area contributed by atoms with Gasteiger partial charge in [0.15, 0.2) is 0 Å². The molecule has 1 aromatic heterocycles. The van der Waals surface area contributed by atoms with E-state index in [-0.39, 0.29) is 23.6 Å². The van der Waals surface area contributed by atoms with Crippen molar-refractivity contribution < 1.29 is 18.3 Å². The molecule has 0 aliphatic carbocycles. The van der Waals surface area contributed by atoms with Crippen molar-refractivity contribution in [1.82, 2.24) is 9.29 Å². The predicted octanol–water partition coefficient (Wildman–Crippen LogP) is 1.18. The summed E-state index contributed by atoms with van der Waals surface area (Å²) in [6, 6.07) is 9.29. The number of aliphatic hydroxyl groups excluding tert-OH is 1. The second kappa shape index (κ2) is 6.71. The number of hydrogen-bond acceptors (Lipinski definition) is 5. The first-order valence-electron chi connectivity index (χ1n) is 8.08. The van der Waals surface area contributed by atoms with E-state index in [0.29, 0.717) is 17.0 Å². The molecular formula is C18H20N2O5S. The van der Waals surface area contributed by atoms with E-state index in [9.17, 15) is 13.2 Å². The fourth-order valence-corrected chi connectivity index (χ4v) is 3.82. The molecule has 7 nitrogen and oxygen atoms in total. The van der Waals surface area contributed by atoms with E-state index >= 15 is 0 Å². The monoisotopic (exact) mass is 376 g/mol. The number of rotatable bonds is 5. The number of nitrogens with zero attached hydrogens (tertiary/aromatic N) is 1. The lowest BCUT2D eigenvalue weighted by molar-refractivity contribution is 0.157. The molecule has 2 N–H and O–H groups in total. The lowest BCUT2D eigenvalue weighted by Gasteiger charge is -2.31. The number of sulfonamides is 1. The smallest absolute Gasteiger partial charge is 0.255 e. The van der Waals surface area contributed by atoms with Crippen molar-refractivity contribution in [3.8, 4) is 5.75 Å². The van der Waals surface area contributed by atoms with E-state index in [4.69, 9.17) is 9.84 Å². The molecule has 0 amide bonds. The molecule has 1 aliphatic heterocycles. The Balaban J connectivity index is 2.17. The summed E-state index contributed by atoms with van der Waals surface area (Å²) in [5.41, 5.74) is 0.173. The van der Waals surface area contributed by atoms with Crippen LogP contribution in [0.4, 0.5) is 0 Å². The molecule has 138 valence electrons. The minimum absolute atomic E-state index is 0.0305. The maximum atomic E-state index is 12.4. The highest BCUT2D eigenvalue weighted by atomic mass is 32.2. The summed E-state index contributed by atoms with van der Waals surface area (Å²) < 4.78 is 34.4. The second-order valence-corrected chi connectivity index (χ2v) is 8.19. The topological polar surface area (TPSA) is 97.6 Å². The van der Waals surface area contributed by atoms with E-state index in [1.54, 1.807) is 30.5 Å². The highest BCUT2D eigenvalue weighted by Crippen LogP contribution is 2.37. The average Bonchev–Trinajstić information content (AvgIpc) is 2.58. The van der Waals surface area contributed by atoms with Crippen LogP contribution >= 0.6 is 0 Å². The first-order valence-corrected chi connectivity index (χ1v) is 9.57. The highest BCUT2D eigenvalue weighted by Gasteiger charge is 2.29. The van der Waals surface area contributed by atoms with Gasteiger partial charge in [0, 0.05) is 24.4 Å². The van der Waals surface area contributed by atoms with Crippen LogP contribution in [-0.4, -0.2) is 36.8 Å². The zero-order chi connectivity index (χ0) is 18.9. The molecule has 26 heavy (non-hydrogen) atoms. The highest BCUT2D eigenvalue weighted by molar-refractivity contribution is 7.89. The maximum Gasteiger partial charge on any atom is 0.255 e. The molecule has 3 rings (SSSR count). The average molecular weight is 376 g/mol. The molecule has 0 fully saturated rings. The summed E-state index contributed by atoms with van der Waals surface area (Å²) in [5, 5.41) is 8.85. The van der Waals surface area contributed by atoms with E-state index in [0.717, 1.165) is 0 Å². The summed E-state index contributed by atoms with van der Waals surface area (Å²) in [6.07, 6.45) is 3.42. The molecule has 0 radical (unpaired) electrons. The third-order valence-corrected chi connectivity index (χ3v) is 5.34. The van der Waals surface area contributed by atoms with Crippen LogP contribution in [0.5, 0.6) is 5.75 Å². The lowest BCUT2D eigenvalue weighted by Crippen LogP contribution is -2.32. The Morgan fingerprint density at radius 3 is 2.69 bits per heavy atom. The molecule has 8 heteroatoms. The largest absolute Gasteiger partial charge is 0.483 e. The van der Waals surface area contributed by atoms with Crippen LogP contribution in [0.1, 0.15) is 19.4 Å². The fraction of sp³-hybridized carbons (Fsp3) is 0.278. The molecule has 2 heterocycles. The molecule has 0 atom stereocenters. The number of ether oxygens (including phenoxy) is 1. The number of fused-ring (bicyclic) bond motifs is 1. The van der Waals surface area contributed by atoms with Crippen LogP contribution in [0.3, 0.4) is 0 Å². The SMILES string of the molecule is CC1(C)C=C(n2ccccc2=O)c2cc(S(=O)(=O)NCCO)ccc2O1. The summed E-state index contributed by atoms with van der Waals surface area (Å²) in [6.45, 7) is 3.34. The number of hydrogen-bond donors (Lipinski definition) is 2. The Bertz CT molecular complexity index is 1020. The first kappa shape index (κ1) is 18.4. The maximum absolute atomic E-state index is 12.4. The van der Waals surface area contributed by atoms with Crippen LogP contribution in [0.2, 0.25) is 0 Å². The van der Waals surface area contributed by atoms with Crippen molar-refractivity contribution in [2.24, 2.45) is 0 Å². The molecule has 1 aromatic carbocycles. The van der Waals surface area contributed by atoms with Crippen molar-refractivity contribution in [3.63, 3.8) is 0 Å². The van der Waals surface area contributed by atoms with Gasteiger partial charge in [0.25, 0.3) is 5.56 Å². The summed E-state index contributed by atoms with van der Waals surface area (Å²) in [4.78, 5) is 12.3. The van der Waals surface area contributed by atoms with Gasteiger partial charge < -0.3 is 9.84 Å². The minimum atomic E-state index is -3.78. The fourth-order valence-electron chi connectivity index (χ4n) is 2.77. The Labute approximate surface area is 151 Å². The third-order valence-electron chi connectivity index (χ3n) is 3.88. The number of nitrogens with one attached hydrogen (secondary N) is 1. The van der Waals surface area contributed by atoms with Gasteiger partial charge in [-0.1, -0.05) is 6.07 Å². The van der Waals surface area contributed by atoms with Gasteiger partial charge in [-0.05, 0) is 44.2 Å². The predicted molar refractivity (Wildman–Crippen MR) is 97.5 cm³/mol. The quantitative estimate of drug-likeness (QED) is 0.817. The lowest BCUT2D eigenvalue weighted by atomic mass is 9.99. The van der Waals surface area contributed by atoms with Gasteiger partial charge in [0.1, 0.15) is 11.4 Å². The van der Waals surface area contributed by atoms with Crippen molar-refractivity contribution in [3.05, 3.63) is 64.6 Å². The van der Waals surface area contributed by atoms with Crippen LogP contribution < -0.4 is 15.0 Å². The number of aromatic nitrogens is 1. The second-order valence-electron chi connectivity index (χ2n) is 6.42. The molecule has 0 saturated heterocycles. The van der Waals surface area contributed by atoms with Crippen molar-refractivity contribution in [2.45, 2.75) is 24.3 Å². The van der Waals surface area contributed by atoms with Gasteiger partial charge in [-0.3, -0.25) is 9.36 Å². The van der Waals surface area contributed by atoms with Crippen molar-refractivity contribution in [1.29, 1.82) is 0 Å².